The summed E-state index contributed by atoms with van der Waals surface area (Å²) in [4.78, 5) is 3.19. The highest BCUT2D eigenvalue weighted by atomic mass is 79.9. The number of aromatic nitrogens is 1. The summed E-state index contributed by atoms with van der Waals surface area (Å²) in [6.45, 7) is 2.08. The maximum absolute atomic E-state index is 5.29. The molecular weight excluding hydrogens is 230 g/mol. The zero-order valence-electron chi connectivity index (χ0n) is 7.52. The lowest BCUT2D eigenvalue weighted by Gasteiger charge is -2.04. The number of ether oxygens (including phenoxy) is 1. The van der Waals surface area contributed by atoms with Gasteiger partial charge in [0.25, 0.3) is 0 Å². The average Bonchev–Trinajstić information content (AvgIpc) is 2.48. The van der Waals surface area contributed by atoms with Crippen molar-refractivity contribution in [2.45, 2.75) is 6.92 Å². The number of H-pyrrole nitrogens is 1. The summed E-state index contributed by atoms with van der Waals surface area (Å²) >= 11 is 3.44. The summed E-state index contributed by atoms with van der Waals surface area (Å²) in [6.07, 6.45) is 1.99. The fraction of sp³-hybridized carbons (Fsp3) is 0.200. The van der Waals surface area contributed by atoms with E-state index in [1.165, 1.54) is 10.9 Å². The zero-order chi connectivity index (χ0) is 9.42. The number of nitrogens with one attached hydrogen (secondary N) is 1. The van der Waals surface area contributed by atoms with Gasteiger partial charge in [0, 0.05) is 11.6 Å². The molecular formula is C10H10BrNO. The molecule has 0 aliphatic carbocycles. The van der Waals surface area contributed by atoms with E-state index in [9.17, 15) is 0 Å². The number of methoxy groups -OCH3 is 1. The Bertz CT molecular complexity index is 447. The molecule has 0 saturated carbocycles. The third-order valence-electron chi connectivity index (χ3n) is 2.17. The van der Waals surface area contributed by atoms with Gasteiger partial charge in [0.15, 0.2) is 5.75 Å². The first-order valence-corrected chi connectivity index (χ1v) is 4.83. The van der Waals surface area contributed by atoms with Crippen molar-refractivity contribution in [3.63, 3.8) is 0 Å². The molecule has 3 heteroatoms. The molecule has 0 spiro atoms. The predicted molar refractivity (Wildman–Crippen MR) is 57.3 cm³/mol. The van der Waals surface area contributed by atoms with Crippen LogP contribution in [0.3, 0.4) is 0 Å². The van der Waals surface area contributed by atoms with Crippen molar-refractivity contribution < 1.29 is 4.74 Å². The molecule has 13 heavy (non-hydrogen) atoms. The van der Waals surface area contributed by atoms with Crippen LogP contribution in [0.5, 0.6) is 5.75 Å². The Morgan fingerprint density at radius 3 is 2.85 bits per heavy atom. The first-order valence-electron chi connectivity index (χ1n) is 4.04. The van der Waals surface area contributed by atoms with Gasteiger partial charge in [-0.25, -0.2) is 0 Å². The zero-order valence-corrected chi connectivity index (χ0v) is 9.10. The number of hydrogen-bond acceptors (Lipinski definition) is 1. The van der Waals surface area contributed by atoms with Gasteiger partial charge in [-0.2, -0.15) is 0 Å². The van der Waals surface area contributed by atoms with E-state index in [1.807, 2.05) is 12.3 Å². The van der Waals surface area contributed by atoms with E-state index in [1.54, 1.807) is 7.11 Å². The number of fused-ring (bicyclic) bond motifs is 1. The van der Waals surface area contributed by atoms with Crippen LogP contribution in [0.4, 0.5) is 0 Å². The quantitative estimate of drug-likeness (QED) is 0.813. The van der Waals surface area contributed by atoms with Crippen LogP contribution in [0.25, 0.3) is 10.9 Å². The summed E-state index contributed by atoms with van der Waals surface area (Å²) < 4.78 is 6.27. The molecule has 68 valence electrons. The molecule has 0 atom stereocenters. The second-order valence-electron chi connectivity index (χ2n) is 2.97. The van der Waals surface area contributed by atoms with E-state index in [-0.39, 0.29) is 0 Å². The van der Waals surface area contributed by atoms with Crippen LogP contribution in [0, 0.1) is 6.92 Å². The van der Waals surface area contributed by atoms with Crippen LogP contribution >= 0.6 is 15.9 Å². The van der Waals surface area contributed by atoms with Gasteiger partial charge in [-0.15, -0.1) is 0 Å². The predicted octanol–water partition coefficient (Wildman–Crippen LogP) is 3.25. The Morgan fingerprint density at radius 1 is 1.38 bits per heavy atom. The Kier molecular flexibility index (Phi) is 2.04. The van der Waals surface area contributed by atoms with Gasteiger partial charge in [0.05, 0.1) is 17.1 Å². The van der Waals surface area contributed by atoms with Crippen molar-refractivity contribution in [3.05, 3.63) is 28.4 Å². The molecule has 0 saturated heterocycles. The number of benzene rings is 1. The number of rotatable bonds is 1. The maximum atomic E-state index is 5.29. The van der Waals surface area contributed by atoms with Gasteiger partial charge >= 0.3 is 0 Å². The number of aryl methyl sites for hydroxylation is 1. The summed E-state index contributed by atoms with van der Waals surface area (Å²) in [6, 6.07) is 4.08. The van der Waals surface area contributed by atoms with Crippen molar-refractivity contribution in [1.82, 2.24) is 4.98 Å². The third kappa shape index (κ3) is 1.23. The van der Waals surface area contributed by atoms with Crippen LogP contribution in [0.1, 0.15) is 5.56 Å². The number of hydrogen-bond donors (Lipinski definition) is 1. The maximum Gasteiger partial charge on any atom is 0.157 e. The van der Waals surface area contributed by atoms with E-state index in [0.29, 0.717) is 0 Å². The first-order chi connectivity index (χ1) is 6.24. The topological polar surface area (TPSA) is 25.0 Å². The van der Waals surface area contributed by atoms with Crippen molar-refractivity contribution in [1.29, 1.82) is 0 Å². The molecule has 0 radical (unpaired) electrons. The molecule has 0 aliphatic rings. The molecule has 0 bridgehead atoms. The van der Waals surface area contributed by atoms with Crippen LogP contribution in [0.2, 0.25) is 0 Å². The molecule has 2 rings (SSSR count). The van der Waals surface area contributed by atoms with Gasteiger partial charge < -0.3 is 9.72 Å². The minimum absolute atomic E-state index is 0.866. The van der Waals surface area contributed by atoms with Gasteiger partial charge in [0.2, 0.25) is 0 Å². The van der Waals surface area contributed by atoms with Gasteiger partial charge in [-0.3, -0.25) is 0 Å². The Balaban J connectivity index is 2.85. The Morgan fingerprint density at radius 2 is 2.15 bits per heavy atom. The van der Waals surface area contributed by atoms with Crippen LogP contribution in [-0.2, 0) is 0 Å². The molecule has 0 aliphatic heterocycles. The monoisotopic (exact) mass is 239 g/mol. The lowest BCUT2D eigenvalue weighted by Crippen LogP contribution is -1.85. The van der Waals surface area contributed by atoms with E-state index >= 15 is 0 Å². The lowest BCUT2D eigenvalue weighted by molar-refractivity contribution is 0.416. The van der Waals surface area contributed by atoms with Crippen LogP contribution in [-0.4, -0.2) is 12.1 Å². The molecule has 1 aromatic heterocycles. The Hall–Kier alpha value is -0.960. The normalized spacial score (nSPS) is 10.7. The Labute approximate surface area is 85.0 Å². The smallest absolute Gasteiger partial charge is 0.157 e. The molecule has 1 aromatic carbocycles. The highest BCUT2D eigenvalue weighted by Crippen LogP contribution is 2.33. The molecule has 0 unspecified atom stereocenters. The molecule has 1 heterocycles. The highest BCUT2D eigenvalue weighted by molar-refractivity contribution is 9.10. The summed E-state index contributed by atoms with van der Waals surface area (Å²) in [5.74, 6) is 0.866. The summed E-state index contributed by atoms with van der Waals surface area (Å²) in [7, 11) is 1.68. The van der Waals surface area contributed by atoms with E-state index in [4.69, 9.17) is 4.74 Å². The summed E-state index contributed by atoms with van der Waals surface area (Å²) in [5.41, 5.74) is 2.29. The second kappa shape index (κ2) is 3.07. The fourth-order valence-corrected chi connectivity index (χ4v) is 1.98. The molecule has 2 nitrogen and oxygen atoms in total. The van der Waals surface area contributed by atoms with Crippen LogP contribution in [0.15, 0.2) is 22.8 Å². The third-order valence-corrected chi connectivity index (χ3v) is 2.80. The first kappa shape index (κ1) is 8.63. The van der Waals surface area contributed by atoms with Crippen molar-refractivity contribution in [2.24, 2.45) is 0 Å². The van der Waals surface area contributed by atoms with Gasteiger partial charge in [-0.05, 0) is 34.5 Å². The number of aromatic amines is 1. The molecule has 2 aromatic rings. The largest absolute Gasteiger partial charge is 0.493 e. The number of halogens is 1. The van der Waals surface area contributed by atoms with Crippen molar-refractivity contribution in [2.75, 3.05) is 7.11 Å². The van der Waals surface area contributed by atoms with E-state index < -0.39 is 0 Å². The van der Waals surface area contributed by atoms with E-state index in [0.717, 1.165) is 15.7 Å². The molecule has 0 fully saturated rings. The van der Waals surface area contributed by atoms with E-state index in [2.05, 4.69) is 33.9 Å². The molecule has 1 N–H and O–H groups in total. The average molecular weight is 240 g/mol. The lowest BCUT2D eigenvalue weighted by atomic mass is 10.2. The summed E-state index contributed by atoms with van der Waals surface area (Å²) in [5, 5.41) is 1.21. The molecule has 0 amide bonds. The van der Waals surface area contributed by atoms with Gasteiger partial charge in [-0.1, -0.05) is 6.07 Å². The standard InChI is InChI=1S/C10H10BrNO/c1-6-5-12-9-7(6)3-4-8(11)10(9)13-2/h3-5,12H,1-2H3. The minimum Gasteiger partial charge on any atom is -0.493 e. The highest BCUT2D eigenvalue weighted by Gasteiger charge is 2.08. The minimum atomic E-state index is 0.866. The SMILES string of the molecule is COc1c(Br)ccc2c(C)c[nH]c12. The van der Waals surface area contributed by atoms with Crippen molar-refractivity contribution in [3.8, 4) is 5.75 Å². The van der Waals surface area contributed by atoms with Crippen molar-refractivity contribution >= 4 is 26.8 Å². The fourth-order valence-electron chi connectivity index (χ4n) is 1.49. The second-order valence-corrected chi connectivity index (χ2v) is 3.83. The van der Waals surface area contributed by atoms with Gasteiger partial charge in [0.1, 0.15) is 0 Å². The van der Waals surface area contributed by atoms with Crippen LogP contribution < -0.4 is 4.74 Å².